The second-order valence-corrected chi connectivity index (χ2v) is 5.07. The Kier molecular flexibility index (Phi) is 2.58. The van der Waals surface area contributed by atoms with E-state index in [9.17, 15) is 0 Å². The van der Waals surface area contributed by atoms with Crippen LogP contribution in [0.4, 0.5) is 5.95 Å². The van der Waals surface area contributed by atoms with Crippen LogP contribution in [0.2, 0.25) is 0 Å². The van der Waals surface area contributed by atoms with Gasteiger partial charge in [-0.05, 0) is 17.7 Å². The van der Waals surface area contributed by atoms with Crippen LogP contribution in [0, 0.1) is 4.64 Å². The summed E-state index contributed by atoms with van der Waals surface area (Å²) in [6.45, 7) is 0.879. The first kappa shape index (κ1) is 12.2. The highest BCUT2D eigenvalue weighted by Crippen LogP contribution is 2.32. The van der Waals surface area contributed by atoms with Gasteiger partial charge in [-0.2, -0.15) is 0 Å². The van der Waals surface area contributed by atoms with Crippen LogP contribution < -0.4 is 15.2 Å². The van der Waals surface area contributed by atoms with E-state index in [0.717, 1.165) is 22.7 Å². The quantitative estimate of drug-likeness (QED) is 0.702. The van der Waals surface area contributed by atoms with Crippen molar-refractivity contribution in [3.8, 4) is 11.5 Å². The van der Waals surface area contributed by atoms with E-state index < -0.39 is 0 Å². The molecular formula is C13H11N5O2S. The summed E-state index contributed by atoms with van der Waals surface area (Å²) in [4.78, 5) is 11.3. The zero-order chi connectivity index (χ0) is 14.4. The van der Waals surface area contributed by atoms with E-state index in [4.69, 9.17) is 27.4 Å². The first-order valence-electron chi connectivity index (χ1n) is 6.30. The second-order valence-electron chi connectivity index (χ2n) is 4.68. The fraction of sp³-hybridized carbons (Fsp3) is 0.154. The zero-order valence-corrected chi connectivity index (χ0v) is 11.7. The molecule has 3 N–H and O–H groups in total. The van der Waals surface area contributed by atoms with Crippen molar-refractivity contribution in [3.05, 3.63) is 34.7 Å². The number of nitrogen functional groups attached to an aromatic ring is 1. The number of nitrogens with two attached hydrogens (primary N) is 1. The predicted octanol–water partition coefficient (Wildman–Crippen LogP) is 1.85. The van der Waals surface area contributed by atoms with Gasteiger partial charge in [0.15, 0.2) is 22.1 Å². The maximum Gasteiger partial charge on any atom is 0.231 e. The number of nitrogens with zero attached hydrogens (tertiary/aromatic N) is 3. The third kappa shape index (κ3) is 2.00. The summed E-state index contributed by atoms with van der Waals surface area (Å²) in [7, 11) is 0. The number of hydrogen-bond donors (Lipinski definition) is 2. The van der Waals surface area contributed by atoms with Crippen LogP contribution in [0.5, 0.6) is 11.5 Å². The summed E-state index contributed by atoms with van der Waals surface area (Å²) < 4.78 is 13.0. The van der Waals surface area contributed by atoms with Gasteiger partial charge in [0.2, 0.25) is 6.79 Å². The van der Waals surface area contributed by atoms with E-state index in [1.165, 1.54) is 0 Å². The molecule has 0 saturated heterocycles. The van der Waals surface area contributed by atoms with Crippen LogP contribution in [0.15, 0.2) is 24.5 Å². The predicted molar refractivity (Wildman–Crippen MR) is 78.8 cm³/mol. The average Bonchev–Trinajstić information content (AvgIpc) is 3.06. The topological polar surface area (TPSA) is 91.0 Å². The number of anilines is 1. The molecule has 0 fully saturated rings. The second kappa shape index (κ2) is 4.45. The lowest BCUT2D eigenvalue weighted by Crippen LogP contribution is -2.02. The Bertz CT molecular complexity index is 901. The van der Waals surface area contributed by atoms with E-state index in [-0.39, 0.29) is 12.7 Å². The van der Waals surface area contributed by atoms with E-state index in [0.29, 0.717) is 16.7 Å². The van der Waals surface area contributed by atoms with E-state index >= 15 is 0 Å². The van der Waals surface area contributed by atoms with Crippen LogP contribution in [0.3, 0.4) is 0 Å². The Morgan fingerprint density at radius 3 is 3.10 bits per heavy atom. The first-order chi connectivity index (χ1) is 10.2. The number of imidazole rings is 1. The number of H-pyrrole nitrogens is 1. The SMILES string of the molecule is Nc1nc(=S)c2ncn(Cc3ccc4c(c3)OCO4)c2[nH]1. The molecule has 7 nitrogen and oxygen atoms in total. The Labute approximate surface area is 124 Å². The summed E-state index contributed by atoms with van der Waals surface area (Å²) in [5, 5.41) is 0. The van der Waals surface area contributed by atoms with Crippen LogP contribution in [0.25, 0.3) is 11.2 Å². The standard InChI is InChI=1S/C13H11N5O2S/c14-13-16-11-10(12(21)17-13)15-5-18(11)4-7-1-2-8-9(3-7)20-6-19-8/h1-3,5H,4,6H2,(H3,14,16,17,21). The molecule has 0 amide bonds. The molecule has 0 spiro atoms. The van der Waals surface area contributed by atoms with Gasteiger partial charge < -0.3 is 24.8 Å². The maximum atomic E-state index is 5.71. The average molecular weight is 301 g/mol. The lowest BCUT2D eigenvalue weighted by Gasteiger charge is -2.06. The van der Waals surface area contributed by atoms with Crippen LogP contribution in [0.1, 0.15) is 5.56 Å². The van der Waals surface area contributed by atoms with Gasteiger partial charge in [-0.15, -0.1) is 0 Å². The maximum absolute atomic E-state index is 5.71. The van der Waals surface area contributed by atoms with Crippen molar-refractivity contribution in [1.29, 1.82) is 0 Å². The van der Waals surface area contributed by atoms with Crippen molar-refractivity contribution in [3.63, 3.8) is 0 Å². The Morgan fingerprint density at radius 1 is 1.33 bits per heavy atom. The highest BCUT2D eigenvalue weighted by atomic mass is 32.1. The molecular weight excluding hydrogens is 290 g/mol. The third-order valence-corrected chi connectivity index (χ3v) is 3.58. The van der Waals surface area contributed by atoms with E-state index in [2.05, 4.69) is 15.0 Å². The molecule has 0 radical (unpaired) electrons. The number of ether oxygens (including phenoxy) is 2. The third-order valence-electron chi connectivity index (χ3n) is 3.30. The molecule has 2 aromatic heterocycles. The first-order valence-corrected chi connectivity index (χ1v) is 6.71. The number of rotatable bonds is 2. The number of aromatic nitrogens is 4. The van der Waals surface area contributed by atoms with Gasteiger partial charge >= 0.3 is 0 Å². The van der Waals surface area contributed by atoms with Gasteiger partial charge in [-0.3, -0.25) is 0 Å². The van der Waals surface area contributed by atoms with Crippen LogP contribution in [-0.2, 0) is 6.54 Å². The molecule has 8 heteroatoms. The number of benzene rings is 1. The van der Waals surface area contributed by atoms with Gasteiger partial charge in [-0.1, -0.05) is 18.3 Å². The van der Waals surface area contributed by atoms with Crippen molar-refractivity contribution in [2.45, 2.75) is 6.54 Å². The Hall–Kier alpha value is -2.61. The zero-order valence-electron chi connectivity index (χ0n) is 10.9. The molecule has 0 saturated carbocycles. The summed E-state index contributed by atoms with van der Waals surface area (Å²) in [6, 6.07) is 5.83. The smallest absolute Gasteiger partial charge is 0.231 e. The van der Waals surface area contributed by atoms with E-state index in [1.54, 1.807) is 6.33 Å². The molecule has 0 aliphatic carbocycles. The number of aromatic amines is 1. The Morgan fingerprint density at radius 2 is 2.19 bits per heavy atom. The lowest BCUT2D eigenvalue weighted by atomic mass is 10.2. The number of hydrogen-bond acceptors (Lipinski definition) is 6. The molecule has 4 rings (SSSR count). The number of nitrogens with one attached hydrogen (secondary N) is 1. The summed E-state index contributed by atoms with van der Waals surface area (Å²) in [5.41, 5.74) is 8.17. The fourth-order valence-corrected chi connectivity index (χ4v) is 2.59. The van der Waals surface area contributed by atoms with Crippen molar-refractivity contribution >= 4 is 29.3 Å². The molecule has 21 heavy (non-hydrogen) atoms. The monoisotopic (exact) mass is 301 g/mol. The minimum Gasteiger partial charge on any atom is -0.454 e. The molecule has 1 aliphatic heterocycles. The van der Waals surface area contributed by atoms with E-state index in [1.807, 2.05) is 22.8 Å². The summed E-state index contributed by atoms with van der Waals surface area (Å²) in [6.07, 6.45) is 1.71. The van der Waals surface area contributed by atoms with Crippen molar-refractivity contribution in [2.24, 2.45) is 0 Å². The molecule has 0 unspecified atom stereocenters. The number of fused-ring (bicyclic) bond motifs is 2. The molecule has 106 valence electrons. The van der Waals surface area contributed by atoms with Gasteiger partial charge in [0.25, 0.3) is 0 Å². The Balaban J connectivity index is 1.76. The molecule has 3 heterocycles. The van der Waals surface area contributed by atoms with Crippen molar-refractivity contribution in [1.82, 2.24) is 19.5 Å². The van der Waals surface area contributed by atoms with Gasteiger partial charge in [0, 0.05) is 0 Å². The lowest BCUT2D eigenvalue weighted by molar-refractivity contribution is 0.174. The van der Waals surface area contributed by atoms with Crippen molar-refractivity contribution < 1.29 is 9.47 Å². The van der Waals surface area contributed by atoms with Crippen LogP contribution >= 0.6 is 12.2 Å². The summed E-state index contributed by atoms with van der Waals surface area (Å²) in [5.74, 6) is 1.80. The highest BCUT2D eigenvalue weighted by molar-refractivity contribution is 7.71. The van der Waals surface area contributed by atoms with Crippen molar-refractivity contribution in [2.75, 3.05) is 12.5 Å². The largest absolute Gasteiger partial charge is 0.454 e. The van der Waals surface area contributed by atoms with Crippen LogP contribution in [-0.4, -0.2) is 26.3 Å². The van der Waals surface area contributed by atoms with Gasteiger partial charge in [0.05, 0.1) is 12.9 Å². The molecule has 0 bridgehead atoms. The molecule has 1 aromatic carbocycles. The van der Waals surface area contributed by atoms with Gasteiger partial charge in [0.1, 0.15) is 11.2 Å². The molecule has 3 aromatic rings. The normalized spacial score (nSPS) is 13.0. The molecule has 1 aliphatic rings. The molecule has 0 atom stereocenters. The minimum atomic E-state index is 0.266. The highest BCUT2D eigenvalue weighted by Gasteiger charge is 2.14. The minimum absolute atomic E-state index is 0.266. The fourth-order valence-electron chi connectivity index (χ4n) is 2.34. The summed E-state index contributed by atoms with van der Waals surface area (Å²) >= 11 is 5.16. The van der Waals surface area contributed by atoms with Gasteiger partial charge in [-0.25, -0.2) is 9.97 Å².